The topological polar surface area (TPSA) is 237 Å². The number of carbonyl (C=O) groups is 4. The van der Waals surface area contributed by atoms with Gasteiger partial charge in [-0.25, -0.2) is 9.13 Å². The molecule has 17 nitrogen and oxygen atoms in total. The number of hydrogen-bond acceptors (Lipinski definition) is 15. The van der Waals surface area contributed by atoms with Crippen molar-refractivity contribution in [1.82, 2.24) is 0 Å². The predicted molar refractivity (Wildman–Crippen MR) is 442 cm³/mol. The molecule has 0 bridgehead atoms. The van der Waals surface area contributed by atoms with Crippen LogP contribution in [0.25, 0.3) is 0 Å². The van der Waals surface area contributed by atoms with Gasteiger partial charge in [-0.15, -0.1) is 0 Å². The van der Waals surface area contributed by atoms with E-state index >= 15 is 0 Å². The van der Waals surface area contributed by atoms with E-state index in [9.17, 15) is 43.2 Å². The smallest absolute Gasteiger partial charge is 0.462 e. The lowest BCUT2D eigenvalue weighted by atomic mass is 10.0. The van der Waals surface area contributed by atoms with Gasteiger partial charge in [0, 0.05) is 25.7 Å². The maximum Gasteiger partial charge on any atom is 0.472 e. The van der Waals surface area contributed by atoms with E-state index in [-0.39, 0.29) is 25.7 Å². The molecule has 0 amide bonds. The van der Waals surface area contributed by atoms with Crippen LogP contribution in [0.4, 0.5) is 0 Å². The first kappa shape index (κ1) is 105. The Morgan fingerprint density at radius 3 is 0.636 bits per heavy atom. The number of esters is 4. The summed E-state index contributed by atoms with van der Waals surface area (Å²) in [5.74, 6) is -0.512. The molecule has 0 fully saturated rings. The van der Waals surface area contributed by atoms with Crippen LogP contribution in [-0.4, -0.2) is 96.7 Å². The van der Waals surface area contributed by atoms with Gasteiger partial charge in [0.15, 0.2) is 12.2 Å². The number of aliphatic hydroxyl groups is 1. The van der Waals surface area contributed by atoms with Gasteiger partial charge in [0.2, 0.25) is 0 Å². The van der Waals surface area contributed by atoms with Gasteiger partial charge in [-0.1, -0.05) is 420 Å². The summed E-state index contributed by atoms with van der Waals surface area (Å²) in [7, 11) is -9.93. The number of hydrogen-bond donors (Lipinski definition) is 3. The van der Waals surface area contributed by atoms with Crippen LogP contribution >= 0.6 is 15.6 Å². The number of unbranched alkanes of at least 4 members (excludes halogenated alkanes) is 57. The maximum absolute atomic E-state index is 13.2. The van der Waals surface area contributed by atoms with Crippen molar-refractivity contribution in [2.75, 3.05) is 39.6 Å². The van der Waals surface area contributed by atoms with Crippen LogP contribution in [0.2, 0.25) is 0 Å². The van der Waals surface area contributed by atoms with Gasteiger partial charge >= 0.3 is 39.5 Å². The summed E-state index contributed by atoms with van der Waals surface area (Å²) in [4.78, 5) is 73.3. The SMILES string of the molecule is CCCCCCCCCCCCCCCCCCCCCCCC(=O)O[C@H](COC(=O)CCCCCCCCCCCCCCCCC(C)C)COP(=O)(O)OC[C@@H](O)COP(=O)(O)OC[C@@H](COC(=O)CCCCCCCCCCCCCCC)OC(=O)CCCCCCCCCCCCCCCC(C)C. The Kier molecular flexibility index (Phi) is 77.9. The Morgan fingerprint density at radius 2 is 0.430 bits per heavy atom. The van der Waals surface area contributed by atoms with Crippen LogP contribution in [0.15, 0.2) is 0 Å². The molecule has 0 aromatic heterocycles. The van der Waals surface area contributed by atoms with E-state index in [2.05, 4.69) is 41.5 Å². The minimum absolute atomic E-state index is 0.108. The number of carbonyl (C=O) groups excluding carboxylic acids is 4. The number of phosphoric ester groups is 2. The quantitative estimate of drug-likeness (QED) is 0.0222. The minimum atomic E-state index is -4.97. The lowest BCUT2D eigenvalue weighted by molar-refractivity contribution is -0.161. The van der Waals surface area contributed by atoms with Crippen LogP contribution in [0.5, 0.6) is 0 Å². The summed E-state index contributed by atoms with van der Waals surface area (Å²) >= 11 is 0. The van der Waals surface area contributed by atoms with E-state index in [1.54, 1.807) is 0 Å². The summed E-state index contributed by atoms with van der Waals surface area (Å²) in [5, 5.41) is 10.7. The van der Waals surface area contributed by atoms with Crippen molar-refractivity contribution in [2.45, 2.75) is 490 Å². The van der Waals surface area contributed by atoms with Gasteiger partial charge in [-0.05, 0) is 37.5 Å². The number of ether oxygens (including phenoxy) is 4. The predicted octanol–water partition coefficient (Wildman–Crippen LogP) is 27.0. The molecule has 0 rings (SSSR count). The second-order valence-corrected chi connectivity index (χ2v) is 35.5. The molecule has 3 N–H and O–H groups in total. The third kappa shape index (κ3) is 81.9. The Bertz CT molecular complexity index is 2050. The highest BCUT2D eigenvalue weighted by molar-refractivity contribution is 7.47. The van der Waals surface area contributed by atoms with Crippen molar-refractivity contribution < 1.29 is 80.2 Å². The van der Waals surface area contributed by atoms with Gasteiger partial charge in [0.1, 0.15) is 19.3 Å². The normalized spacial score (nSPS) is 13.8. The molecule has 107 heavy (non-hydrogen) atoms. The number of phosphoric acid groups is 2. The van der Waals surface area contributed by atoms with Gasteiger partial charge < -0.3 is 33.8 Å². The molecule has 0 saturated heterocycles. The Morgan fingerprint density at radius 1 is 0.252 bits per heavy atom. The fourth-order valence-corrected chi connectivity index (χ4v) is 15.4. The number of aliphatic hydroxyl groups excluding tert-OH is 1. The first-order chi connectivity index (χ1) is 51.9. The second kappa shape index (κ2) is 79.3. The van der Waals surface area contributed by atoms with Crippen molar-refractivity contribution in [3.63, 3.8) is 0 Å². The Balaban J connectivity index is 5.26. The van der Waals surface area contributed by atoms with Gasteiger partial charge in [-0.3, -0.25) is 37.3 Å². The van der Waals surface area contributed by atoms with Crippen LogP contribution < -0.4 is 0 Å². The minimum Gasteiger partial charge on any atom is -0.462 e. The molecule has 0 saturated carbocycles. The lowest BCUT2D eigenvalue weighted by Gasteiger charge is -2.21. The fourth-order valence-electron chi connectivity index (χ4n) is 13.8. The van der Waals surface area contributed by atoms with E-state index in [4.69, 9.17) is 37.0 Å². The summed E-state index contributed by atoms with van der Waals surface area (Å²) in [5.41, 5.74) is 0. The molecule has 0 aliphatic carbocycles. The molecule has 0 aliphatic rings. The van der Waals surface area contributed by atoms with Gasteiger partial charge in [0.05, 0.1) is 26.4 Å². The Hall–Kier alpha value is -1.94. The van der Waals surface area contributed by atoms with Crippen molar-refractivity contribution in [3.8, 4) is 0 Å². The summed E-state index contributed by atoms with van der Waals surface area (Å²) in [6.07, 6.45) is 72.1. The first-order valence-electron chi connectivity index (χ1n) is 45.5. The van der Waals surface area contributed by atoms with Crippen molar-refractivity contribution in [1.29, 1.82) is 0 Å². The zero-order chi connectivity index (χ0) is 78.5. The molecule has 0 radical (unpaired) electrons. The van der Waals surface area contributed by atoms with Gasteiger partial charge in [-0.2, -0.15) is 0 Å². The van der Waals surface area contributed by atoms with Crippen molar-refractivity contribution >= 4 is 39.5 Å². The fraction of sp³-hybridized carbons (Fsp3) is 0.955. The van der Waals surface area contributed by atoms with Crippen LogP contribution in [-0.2, 0) is 65.4 Å². The molecule has 19 heteroatoms. The van der Waals surface area contributed by atoms with E-state index in [1.807, 2.05) is 0 Å². The number of rotatable bonds is 87. The molecule has 5 atom stereocenters. The molecule has 2 unspecified atom stereocenters. The summed E-state index contributed by atoms with van der Waals surface area (Å²) in [6, 6.07) is 0. The highest BCUT2D eigenvalue weighted by Gasteiger charge is 2.30. The summed E-state index contributed by atoms with van der Waals surface area (Å²) < 4.78 is 69.0. The zero-order valence-corrected chi connectivity index (χ0v) is 72.2. The third-order valence-electron chi connectivity index (χ3n) is 20.7. The van der Waals surface area contributed by atoms with Crippen molar-refractivity contribution in [2.24, 2.45) is 11.8 Å². The summed E-state index contributed by atoms with van der Waals surface area (Å²) in [6.45, 7) is 9.73. The molecular weight excluding hydrogens is 1390 g/mol. The van der Waals surface area contributed by atoms with E-state index in [0.29, 0.717) is 25.7 Å². The molecule has 636 valence electrons. The monoisotopic (exact) mass is 1560 g/mol. The standard InChI is InChI=1S/C88H172O17P2/c1-7-9-11-13-15-17-19-21-22-23-24-25-26-27-28-36-42-48-54-60-66-72-87(92)104-84(77-99-86(91)71-65-59-53-47-41-35-30-29-33-38-44-50-56-62-68-80(3)4)79-103-107(96,97)101-75-82(89)74-100-106(94,95)102-78-83(76-98-85(90)70-64-58-52-46-40-32-20-18-16-14-12-10-8-2)105-88(93)73-67-61-55-49-43-37-31-34-39-45-51-57-63-69-81(5)6/h80-84,89H,7-79H2,1-6H3,(H,94,95)(H,96,97)/t82-,83+,84+/m0/s1. The van der Waals surface area contributed by atoms with E-state index in [1.165, 1.54) is 289 Å². The largest absolute Gasteiger partial charge is 0.472 e. The maximum atomic E-state index is 13.2. The van der Waals surface area contributed by atoms with Crippen LogP contribution in [0.3, 0.4) is 0 Å². The van der Waals surface area contributed by atoms with Crippen LogP contribution in [0.1, 0.15) is 472 Å². The van der Waals surface area contributed by atoms with Crippen molar-refractivity contribution in [3.05, 3.63) is 0 Å². The van der Waals surface area contributed by atoms with E-state index in [0.717, 1.165) is 102 Å². The van der Waals surface area contributed by atoms with Crippen LogP contribution in [0, 0.1) is 11.8 Å². The van der Waals surface area contributed by atoms with Gasteiger partial charge in [0.25, 0.3) is 0 Å². The molecule has 0 aromatic carbocycles. The lowest BCUT2D eigenvalue weighted by Crippen LogP contribution is -2.30. The highest BCUT2D eigenvalue weighted by atomic mass is 31.2. The zero-order valence-electron chi connectivity index (χ0n) is 70.5. The third-order valence-corrected chi connectivity index (χ3v) is 22.6. The molecule has 0 aromatic rings. The first-order valence-corrected chi connectivity index (χ1v) is 48.5. The van der Waals surface area contributed by atoms with E-state index < -0.39 is 97.5 Å². The average molecular weight is 1560 g/mol. The Labute approximate surface area is 658 Å². The molecule has 0 heterocycles. The highest BCUT2D eigenvalue weighted by Crippen LogP contribution is 2.45. The molecule has 0 spiro atoms. The molecular formula is C88H172O17P2. The second-order valence-electron chi connectivity index (χ2n) is 32.6. The molecule has 0 aliphatic heterocycles. The average Bonchev–Trinajstić information content (AvgIpc) is 0.927.